The molecule has 0 radical (unpaired) electrons. The van der Waals surface area contributed by atoms with Crippen LogP contribution in [0.5, 0.6) is 0 Å². The van der Waals surface area contributed by atoms with Gasteiger partial charge in [-0.2, -0.15) is 0 Å². The van der Waals surface area contributed by atoms with Crippen LogP contribution in [-0.4, -0.2) is 36.6 Å². The summed E-state index contributed by atoms with van der Waals surface area (Å²) in [5.41, 5.74) is 2.48. The van der Waals surface area contributed by atoms with Gasteiger partial charge in [-0.15, -0.1) is 0 Å². The highest BCUT2D eigenvalue weighted by atomic mass is 15.1. The minimum absolute atomic E-state index is 0.519. The third-order valence-corrected chi connectivity index (χ3v) is 2.87. The Bertz CT molecular complexity index is 334. The quantitative estimate of drug-likeness (QED) is 0.818. The van der Waals surface area contributed by atoms with Crippen LogP contribution in [0.1, 0.15) is 25.0 Å². The fourth-order valence-electron chi connectivity index (χ4n) is 1.87. The van der Waals surface area contributed by atoms with E-state index in [0.717, 1.165) is 13.1 Å². The Morgan fingerprint density at radius 3 is 2.53 bits per heavy atom. The minimum Gasteiger partial charge on any atom is -0.308 e. The predicted octanol–water partition coefficient (Wildman–Crippen LogP) is 2.07. The summed E-state index contributed by atoms with van der Waals surface area (Å²) in [5, 5.41) is 3.61. The van der Waals surface area contributed by atoms with E-state index in [1.807, 2.05) is 12.4 Å². The van der Waals surface area contributed by atoms with Gasteiger partial charge in [-0.3, -0.25) is 4.98 Å². The molecule has 0 saturated heterocycles. The van der Waals surface area contributed by atoms with Crippen molar-refractivity contribution in [3.05, 3.63) is 29.6 Å². The van der Waals surface area contributed by atoms with Crippen molar-refractivity contribution in [2.75, 3.05) is 20.6 Å². The molecule has 1 aromatic heterocycles. The smallest absolute Gasteiger partial charge is 0.0313 e. The SMILES string of the molecule is Cc1cncc(CNC(CN(C)C)C(C)C)c1. The fraction of sp³-hybridized carbons (Fsp3) is 0.643. The summed E-state index contributed by atoms with van der Waals surface area (Å²) in [4.78, 5) is 6.45. The van der Waals surface area contributed by atoms with Gasteiger partial charge in [-0.05, 0) is 38.1 Å². The maximum absolute atomic E-state index is 4.22. The molecule has 0 saturated carbocycles. The fourth-order valence-corrected chi connectivity index (χ4v) is 1.87. The summed E-state index contributed by atoms with van der Waals surface area (Å²) in [6, 6.07) is 2.71. The van der Waals surface area contributed by atoms with Crippen molar-refractivity contribution in [1.29, 1.82) is 0 Å². The molecule has 1 N–H and O–H groups in total. The average molecular weight is 235 g/mol. The van der Waals surface area contributed by atoms with Gasteiger partial charge in [-0.25, -0.2) is 0 Å². The molecule has 96 valence electrons. The average Bonchev–Trinajstić information content (AvgIpc) is 2.23. The minimum atomic E-state index is 0.519. The lowest BCUT2D eigenvalue weighted by molar-refractivity contribution is 0.288. The number of hydrogen-bond donors (Lipinski definition) is 1. The highest BCUT2D eigenvalue weighted by molar-refractivity contribution is 5.16. The highest BCUT2D eigenvalue weighted by Crippen LogP contribution is 2.06. The van der Waals surface area contributed by atoms with Gasteiger partial charge in [0.15, 0.2) is 0 Å². The van der Waals surface area contributed by atoms with E-state index in [1.54, 1.807) is 0 Å². The molecule has 3 nitrogen and oxygen atoms in total. The zero-order valence-electron chi connectivity index (χ0n) is 11.7. The number of pyridine rings is 1. The highest BCUT2D eigenvalue weighted by Gasteiger charge is 2.13. The lowest BCUT2D eigenvalue weighted by Crippen LogP contribution is -2.41. The van der Waals surface area contributed by atoms with Crippen molar-refractivity contribution in [2.24, 2.45) is 5.92 Å². The van der Waals surface area contributed by atoms with Crippen LogP contribution in [0.4, 0.5) is 0 Å². The van der Waals surface area contributed by atoms with Gasteiger partial charge in [0.1, 0.15) is 0 Å². The first kappa shape index (κ1) is 14.1. The third-order valence-electron chi connectivity index (χ3n) is 2.87. The zero-order valence-corrected chi connectivity index (χ0v) is 11.7. The summed E-state index contributed by atoms with van der Waals surface area (Å²) >= 11 is 0. The molecule has 0 bridgehead atoms. The maximum Gasteiger partial charge on any atom is 0.0313 e. The first-order valence-electron chi connectivity index (χ1n) is 6.27. The normalized spacial score (nSPS) is 13.4. The lowest BCUT2D eigenvalue weighted by Gasteiger charge is -2.25. The maximum atomic E-state index is 4.22. The van der Waals surface area contributed by atoms with E-state index in [4.69, 9.17) is 0 Å². The first-order valence-corrected chi connectivity index (χ1v) is 6.27. The van der Waals surface area contributed by atoms with Gasteiger partial charge < -0.3 is 10.2 Å². The lowest BCUT2D eigenvalue weighted by atomic mass is 10.0. The Kier molecular flexibility index (Phi) is 5.59. The monoisotopic (exact) mass is 235 g/mol. The Morgan fingerprint density at radius 1 is 1.29 bits per heavy atom. The van der Waals surface area contributed by atoms with Crippen LogP contribution in [0.3, 0.4) is 0 Å². The van der Waals surface area contributed by atoms with Crippen LogP contribution in [0.15, 0.2) is 18.5 Å². The largest absolute Gasteiger partial charge is 0.308 e. The van der Waals surface area contributed by atoms with Crippen LogP contribution in [0.25, 0.3) is 0 Å². The predicted molar refractivity (Wildman–Crippen MR) is 73.0 cm³/mol. The molecule has 17 heavy (non-hydrogen) atoms. The van der Waals surface area contributed by atoms with Gasteiger partial charge in [-0.1, -0.05) is 19.9 Å². The number of likely N-dealkylation sites (N-methyl/N-ethyl adjacent to an activating group) is 1. The molecule has 1 heterocycles. The van der Waals surface area contributed by atoms with Crippen LogP contribution in [0, 0.1) is 12.8 Å². The summed E-state index contributed by atoms with van der Waals surface area (Å²) in [6.45, 7) is 8.56. The molecule has 0 aromatic carbocycles. The van der Waals surface area contributed by atoms with Gasteiger partial charge in [0, 0.05) is 31.5 Å². The van der Waals surface area contributed by atoms with Gasteiger partial charge >= 0.3 is 0 Å². The number of hydrogen-bond acceptors (Lipinski definition) is 3. The van der Waals surface area contributed by atoms with Crippen molar-refractivity contribution in [3.63, 3.8) is 0 Å². The molecule has 3 heteroatoms. The summed E-state index contributed by atoms with van der Waals surface area (Å²) in [6.07, 6.45) is 3.83. The van der Waals surface area contributed by atoms with E-state index in [2.05, 4.69) is 56.1 Å². The van der Waals surface area contributed by atoms with E-state index in [9.17, 15) is 0 Å². The van der Waals surface area contributed by atoms with Crippen LogP contribution >= 0.6 is 0 Å². The molecule has 0 aliphatic rings. The first-order chi connectivity index (χ1) is 7.99. The van der Waals surface area contributed by atoms with Crippen LogP contribution < -0.4 is 5.32 Å². The molecule has 0 amide bonds. The van der Waals surface area contributed by atoms with E-state index < -0.39 is 0 Å². The van der Waals surface area contributed by atoms with E-state index >= 15 is 0 Å². The van der Waals surface area contributed by atoms with Gasteiger partial charge in [0.2, 0.25) is 0 Å². The number of aromatic nitrogens is 1. The second kappa shape index (κ2) is 6.72. The molecule has 1 aromatic rings. The van der Waals surface area contributed by atoms with Crippen LogP contribution in [-0.2, 0) is 6.54 Å². The Balaban J connectivity index is 2.51. The summed E-state index contributed by atoms with van der Waals surface area (Å²) in [5.74, 6) is 0.634. The Labute approximate surface area is 105 Å². The van der Waals surface area contributed by atoms with Gasteiger partial charge in [0.05, 0.1) is 0 Å². The summed E-state index contributed by atoms with van der Waals surface area (Å²) < 4.78 is 0. The number of rotatable bonds is 6. The molecule has 1 unspecified atom stereocenters. The van der Waals surface area contributed by atoms with E-state index in [0.29, 0.717) is 12.0 Å². The number of aryl methyl sites for hydroxylation is 1. The molecule has 0 aliphatic heterocycles. The van der Waals surface area contributed by atoms with E-state index in [1.165, 1.54) is 11.1 Å². The zero-order chi connectivity index (χ0) is 12.8. The molecule has 1 atom stereocenters. The topological polar surface area (TPSA) is 28.2 Å². The van der Waals surface area contributed by atoms with Crippen molar-refractivity contribution in [1.82, 2.24) is 15.2 Å². The molecule has 0 fully saturated rings. The van der Waals surface area contributed by atoms with Gasteiger partial charge in [0.25, 0.3) is 0 Å². The number of nitrogens with zero attached hydrogens (tertiary/aromatic N) is 2. The Morgan fingerprint density at radius 2 is 2.00 bits per heavy atom. The molecular formula is C14H25N3. The second-order valence-corrected chi connectivity index (χ2v) is 5.36. The molecule has 0 aliphatic carbocycles. The van der Waals surface area contributed by atoms with Crippen molar-refractivity contribution < 1.29 is 0 Å². The molecule has 1 rings (SSSR count). The standard InChI is InChI=1S/C14H25N3/c1-11(2)14(10-17(4)5)16-9-13-6-12(3)7-15-8-13/h6-8,11,14,16H,9-10H2,1-5H3. The summed E-state index contributed by atoms with van der Waals surface area (Å²) in [7, 11) is 4.23. The van der Waals surface area contributed by atoms with Crippen molar-refractivity contribution in [2.45, 2.75) is 33.4 Å². The molecular weight excluding hydrogens is 210 g/mol. The van der Waals surface area contributed by atoms with Crippen molar-refractivity contribution in [3.8, 4) is 0 Å². The molecule has 0 spiro atoms. The van der Waals surface area contributed by atoms with E-state index in [-0.39, 0.29) is 0 Å². The third kappa shape index (κ3) is 5.29. The van der Waals surface area contributed by atoms with Crippen LogP contribution in [0.2, 0.25) is 0 Å². The number of nitrogens with one attached hydrogen (secondary N) is 1. The van der Waals surface area contributed by atoms with Crippen molar-refractivity contribution >= 4 is 0 Å². The second-order valence-electron chi connectivity index (χ2n) is 5.36. The Hall–Kier alpha value is -0.930.